The summed E-state index contributed by atoms with van der Waals surface area (Å²) >= 11 is 6.45. The first-order chi connectivity index (χ1) is 18.8. The van der Waals surface area contributed by atoms with Crippen molar-refractivity contribution < 1.29 is 14.4 Å². The van der Waals surface area contributed by atoms with E-state index in [-0.39, 0.29) is 37.5 Å². The normalized spacial score (nSPS) is 19.7. The Kier molecular flexibility index (Phi) is 7.86. The number of hydrazine groups is 1. The predicted octanol–water partition coefficient (Wildman–Crippen LogP) is 3.83. The molecule has 39 heavy (non-hydrogen) atoms. The molecule has 8 nitrogen and oxygen atoms in total. The zero-order valence-electron chi connectivity index (χ0n) is 22.1. The maximum absolute atomic E-state index is 13.9. The van der Waals surface area contributed by atoms with Gasteiger partial charge in [-0.3, -0.25) is 9.59 Å². The van der Waals surface area contributed by atoms with Crippen LogP contribution in [0.3, 0.4) is 0 Å². The summed E-state index contributed by atoms with van der Waals surface area (Å²) in [7, 11) is 1.72. The third kappa shape index (κ3) is 5.77. The van der Waals surface area contributed by atoms with E-state index in [2.05, 4.69) is 5.32 Å². The zero-order valence-corrected chi connectivity index (χ0v) is 22.8. The maximum Gasteiger partial charge on any atom is 0.334 e. The Labute approximate surface area is 233 Å². The molecule has 0 bridgehead atoms. The number of aryl methyl sites for hydroxylation is 1. The maximum atomic E-state index is 13.9. The number of urea groups is 1. The van der Waals surface area contributed by atoms with Crippen LogP contribution in [0.5, 0.6) is 0 Å². The molecule has 0 radical (unpaired) electrons. The first-order valence-corrected chi connectivity index (χ1v) is 13.4. The third-order valence-electron chi connectivity index (χ3n) is 7.30. The SMILES string of the molecule is Cc1ccc(C[C@H]2C(=O)N(Cc3ccccc3Cl)CC3N2C(=O)CN(C)N3C(=O)NCc2ccccc2)cc1. The van der Waals surface area contributed by atoms with Crippen LogP contribution in [0, 0.1) is 6.92 Å². The summed E-state index contributed by atoms with van der Waals surface area (Å²) in [5.41, 5.74) is 3.84. The molecule has 2 fully saturated rings. The van der Waals surface area contributed by atoms with E-state index in [1.807, 2.05) is 79.7 Å². The van der Waals surface area contributed by atoms with E-state index in [4.69, 9.17) is 11.6 Å². The van der Waals surface area contributed by atoms with Crippen LogP contribution in [0.15, 0.2) is 78.9 Å². The third-order valence-corrected chi connectivity index (χ3v) is 7.67. The number of rotatable bonds is 6. The van der Waals surface area contributed by atoms with Crippen molar-refractivity contribution in [1.29, 1.82) is 0 Å². The lowest BCUT2D eigenvalue weighted by Gasteiger charge is -2.54. The second-order valence-corrected chi connectivity index (χ2v) is 10.5. The Morgan fingerprint density at radius 3 is 2.36 bits per heavy atom. The van der Waals surface area contributed by atoms with E-state index < -0.39 is 12.2 Å². The molecule has 2 heterocycles. The molecule has 5 rings (SSSR count). The number of hydrogen-bond acceptors (Lipinski definition) is 4. The zero-order chi connectivity index (χ0) is 27.5. The fraction of sp³-hybridized carbons (Fsp3) is 0.300. The van der Waals surface area contributed by atoms with Crippen molar-refractivity contribution in [3.05, 3.63) is 106 Å². The van der Waals surface area contributed by atoms with Crippen molar-refractivity contribution in [3.63, 3.8) is 0 Å². The highest BCUT2D eigenvalue weighted by Gasteiger charge is 2.50. The van der Waals surface area contributed by atoms with Crippen LogP contribution in [-0.2, 0) is 29.1 Å². The summed E-state index contributed by atoms with van der Waals surface area (Å²) in [6, 6.07) is 23.9. The van der Waals surface area contributed by atoms with Crippen LogP contribution < -0.4 is 5.32 Å². The van der Waals surface area contributed by atoms with E-state index in [1.165, 1.54) is 0 Å². The molecule has 0 aliphatic carbocycles. The Hall–Kier alpha value is -3.88. The molecule has 1 N–H and O–H groups in total. The van der Waals surface area contributed by atoms with Gasteiger partial charge in [-0.15, -0.1) is 0 Å². The minimum absolute atomic E-state index is 0.00253. The van der Waals surface area contributed by atoms with Crippen LogP contribution in [-0.4, -0.2) is 70.0 Å². The molecule has 0 saturated carbocycles. The van der Waals surface area contributed by atoms with Gasteiger partial charge in [0.2, 0.25) is 11.8 Å². The van der Waals surface area contributed by atoms with E-state index in [0.29, 0.717) is 18.0 Å². The van der Waals surface area contributed by atoms with Crippen molar-refractivity contribution in [1.82, 2.24) is 25.1 Å². The molecular formula is C30H32ClN5O3. The molecule has 9 heteroatoms. The summed E-state index contributed by atoms with van der Waals surface area (Å²) in [6.45, 7) is 2.80. The molecule has 0 aromatic heterocycles. The summed E-state index contributed by atoms with van der Waals surface area (Å²) in [6.07, 6.45) is -0.313. The fourth-order valence-corrected chi connectivity index (χ4v) is 5.48. The molecule has 3 aromatic rings. The Morgan fingerprint density at radius 1 is 0.949 bits per heavy atom. The van der Waals surface area contributed by atoms with Crippen LogP contribution in [0.2, 0.25) is 5.02 Å². The number of hydrogen-bond donors (Lipinski definition) is 1. The van der Waals surface area contributed by atoms with Gasteiger partial charge in [0.15, 0.2) is 0 Å². The van der Waals surface area contributed by atoms with Gasteiger partial charge in [0.05, 0.1) is 13.1 Å². The molecule has 202 valence electrons. The predicted molar refractivity (Wildman–Crippen MR) is 149 cm³/mol. The summed E-state index contributed by atoms with van der Waals surface area (Å²) < 4.78 is 0. The monoisotopic (exact) mass is 545 g/mol. The number of piperazine rings is 1. The molecule has 4 amide bonds. The number of nitrogens with one attached hydrogen (secondary N) is 1. The highest BCUT2D eigenvalue weighted by Crippen LogP contribution is 2.29. The van der Waals surface area contributed by atoms with Crippen LogP contribution in [0.4, 0.5) is 4.79 Å². The molecule has 1 unspecified atom stereocenters. The summed E-state index contributed by atoms with van der Waals surface area (Å²) in [5.74, 6) is -0.341. The second kappa shape index (κ2) is 11.5. The van der Waals surface area contributed by atoms with Gasteiger partial charge in [0, 0.05) is 31.6 Å². The Morgan fingerprint density at radius 2 is 1.64 bits per heavy atom. The number of benzene rings is 3. The topological polar surface area (TPSA) is 76.2 Å². The average Bonchev–Trinajstić information content (AvgIpc) is 2.92. The van der Waals surface area contributed by atoms with Gasteiger partial charge in [-0.2, -0.15) is 0 Å². The first kappa shape index (κ1) is 26.7. The van der Waals surface area contributed by atoms with Gasteiger partial charge in [-0.1, -0.05) is 90.0 Å². The summed E-state index contributed by atoms with van der Waals surface area (Å²) in [4.78, 5) is 44.3. The number of likely N-dealkylation sites (N-methyl/N-ethyl adjacent to an activating group) is 1. The number of halogens is 1. The molecule has 2 saturated heterocycles. The van der Waals surface area contributed by atoms with Gasteiger partial charge in [0.25, 0.3) is 0 Å². The van der Waals surface area contributed by atoms with Gasteiger partial charge < -0.3 is 15.1 Å². The number of amides is 4. The Bertz CT molecular complexity index is 1350. The largest absolute Gasteiger partial charge is 0.334 e. The molecule has 0 spiro atoms. The van der Waals surface area contributed by atoms with Crippen molar-refractivity contribution in [2.75, 3.05) is 20.1 Å². The second-order valence-electron chi connectivity index (χ2n) is 10.1. The van der Waals surface area contributed by atoms with E-state index in [0.717, 1.165) is 22.3 Å². The average molecular weight is 546 g/mol. The molecule has 2 atom stereocenters. The highest BCUT2D eigenvalue weighted by molar-refractivity contribution is 6.31. The Balaban J connectivity index is 1.46. The van der Waals surface area contributed by atoms with Gasteiger partial charge in [0.1, 0.15) is 12.2 Å². The van der Waals surface area contributed by atoms with Crippen molar-refractivity contribution in [3.8, 4) is 0 Å². The van der Waals surface area contributed by atoms with Crippen LogP contribution in [0.1, 0.15) is 22.3 Å². The lowest BCUT2D eigenvalue weighted by Crippen LogP contribution is -2.76. The highest BCUT2D eigenvalue weighted by atomic mass is 35.5. The molecular weight excluding hydrogens is 514 g/mol. The standard InChI is InChI=1S/C30H32ClN5O3/c1-21-12-14-22(15-13-21)16-26-29(38)34(18-24-10-6-7-11-25(24)31)19-27-35(26)28(37)20-33(2)36(27)30(39)32-17-23-8-4-3-5-9-23/h3-15,26-27H,16-20H2,1-2H3,(H,32,39)/t26-,27?/m0/s1. The van der Waals surface area contributed by atoms with Gasteiger partial charge in [-0.25, -0.2) is 14.8 Å². The van der Waals surface area contributed by atoms with Crippen molar-refractivity contribution >= 4 is 29.4 Å². The van der Waals surface area contributed by atoms with Crippen molar-refractivity contribution in [2.24, 2.45) is 0 Å². The number of carbonyl (C=O) groups excluding carboxylic acids is 3. The van der Waals surface area contributed by atoms with E-state index in [1.54, 1.807) is 32.9 Å². The lowest BCUT2D eigenvalue weighted by molar-refractivity contribution is -0.187. The van der Waals surface area contributed by atoms with Crippen LogP contribution in [0.25, 0.3) is 0 Å². The summed E-state index contributed by atoms with van der Waals surface area (Å²) in [5, 5.41) is 6.76. The smallest absolute Gasteiger partial charge is 0.333 e. The number of carbonyl (C=O) groups is 3. The minimum Gasteiger partial charge on any atom is -0.333 e. The minimum atomic E-state index is -0.750. The first-order valence-electron chi connectivity index (χ1n) is 13.0. The van der Waals surface area contributed by atoms with Gasteiger partial charge >= 0.3 is 6.03 Å². The van der Waals surface area contributed by atoms with Crippen LogP contribution >= 0.6 is 11.6 Å². The molecule has 2 aliphatic heterocycles. The van der Waals surface area contributed by atoms with Gasteiger partial charge in [-0.05, 0) is 29.7 Å². The van der Waals surface area contributed by atoms with E-state index in [9.17, 15) is 14.4 Å². The number of nitrogens with zero attached hydrogens (tertiary/aromatic N) is 4. The fourth-order valence-electron chi connectivity index (χ4n) is 5.28. The quantitative estimate of drug-likeness (QED) is 0.511. The van der Waals surface area contributed by atoms with Crippen molar-refractivity contribution in [2.45, 2.75) is 38.6 Å². The van der Waals surface area contributed by atoms with E-state index >= 15 is 0 Å². The number of fused-ring (bicyclic) bond motifs is 1. The molecule has 2 aliphatic rings. The molecule has 3 aromatic carbocycles. The lowest BCUT2D eigenvalue weighted by atomic mass is 9.98.